The van der Waals surface area contributed by atoms with E-state index < -0.39 is 5.60 Å². The van der Waals surface area contributed by atoms with E-state index in [9.17, 15) is 9.90 Å². The minimum absolute atomic E-state index is 0.0385. The quantitative estimate of drug-likeness (QED) is 0.393. The molecular formula is C31H29N3O3. The molecule has 7 rings (SSSR count). The van der Waals surface area contributed by atoms with Gasteiger partial charge in [-0.05, 0) is 59.2 Å². The van der Waals surface area contributed by atoms with Crippen molar-refractivity contribution in [2.45, 2.75) is 55.7 Å². The summed E-state index contributed by atoms with van der Waals surface area (Å²) in [6, 6.07) is 22.5. The molecule has 2 unspecified atom stereocenters. The van der Waals surface area contributed by atoms with Crippen molar-refractivity contribution in [3.63, 3.8) is 0 Å². The van der Waals surface area contributed by atoms with E-state index in [1.165, 1.54) is 22.3 Å². The van der Waals surface area contributed by atoms with Crippen molar-refractivity contribution in [3.8, 4) is 11.1 Å². The van der Waals surface area contributed by atoms with Gasteiger partial charge >= 0.3 is 6.09 Å². The van der Waals surface area contributed by atoms with Crippen molar-refractivity contribution in [2.75, 3.05) is 6.61 Å². The number of carbonyl (C=O) groups is 1. The molecule has 6 nitrogen and oxygen atoms in total. The molecule has 0 spiro atoms. The molecule has 3 aromatic carbocycles. The molecule has 4 aromatic rings. The van der Waals surface area contributed by atoms with Crippen LogP contribution in [0.4, 0.5) is 4.79 Å². The second kappa shape index (κ2) is 8.67. The third-order valence-corrected chi connectivity index (χ3v) is 8.56. The van der Waals surface area contributed by atoms with Crippen LogP contribution in [0.5, 0.6) is 0 Å². The highest BCUT2D eigenvalue weighted by molar-refractivity contribution is 5.79. The molecule has 3 aliphatic rings. The maximum Gasteiger partial charge on any atom is 0.410 e. The number of hydrogen-bond donors (Lipinski definition) is 1. The summed E-state index contributed by atoms with van der Waals surface area (Å²) in [6.45, 7) is 0.316. The van der Waals surface area contributed by atoms with Crippen LogP contribution in [0.1, 0.15) is 54.7 Å². The Morgan fingerprint density at radius 2 is 1.51 bits per heavy atom. The summed E-state index contributed by atoms with van der Waals surface area (Å²) < 4.78 is 6.03. The lowest BCUT2D eigenvalue weighted by Crippen LogP contribution is -2.59. The predicted molar refractivity (Wildman–Crippen MR) is 141 cm³/mol. The summed E-state index contributed by atoms with van der Waals surface area (Å²) in [4.78, 5) is 24.2. The number of hydrogen-bond acceptors (Lipinski definition) is 5. The van der Waals surface area contributed by atoms with Crippen molar-refractivity contribution in [2.24, 2.45) is 0 Å². The van der Waals surface area contributed by atoms with Gasteiger partial charge in [-0.2, -0.15) is 0 Å². The number of fused-ring (bicyclic) bond motifs is 6. The molecule has 1 aliphatic carbocycles. The zero-order valence-electron chi connectivity index (χ0n) is 20.6. The first-order chi connectivity index (χ1) is 18.1. The van der Waals surface area contributed by atoms with Crippen molar-refractivity contribution >= 4 is 17.1 Å². The molecule has 3 heterocycles. The maximum absolute atomic E-state index is 13.5. The smallest absolute Gasteiger partial charge is 0.410 e. The van der Waals surface area contributed by atoms with Crippen LogP contribution in [0.15, 0.2) is 79.1 Å². The second-order valence-electron chi connectivity index (χ2n) is 10.6. The molecule has 2 bridgehead atoms. The first-order valence-corrected chi connectivity index (χ1v) is 13.2. The summed E-state index contributed by atoms with van der Waals surface area (Å²) >= 11 is 0. The lowest BCUT2D eigenvalue weighted by Gasteiger charge is -2.51. The van der Waals surface area contributed by atoms with E-state index in [0.29, 0.717) is 19.4 Å². The standard InChI is InChI=1S/C31H29N3O3/c35-30(37-19-27-25-10-3-1-8-23(25)24-9-2-4-11-26(24)27)34-21-6-5-7-22(34)18-31(36,17-21)20-12-13-28-29(16-20)33-15-14-32-28/h1-4,8-16,21-22,27,36H,5-7,17-19H2. The van der Waals surface area contributed by atoms with E-state index in [4.69, 9.17) is 4.74 Å². The fourth-order valence-corrected chi connectivity index (χ4v) is 6.88. The Balaban J connectivity index is 1.11. The molecule has 0 saturated carbocycles. The zero-order chi connectivity index (χ0) is 25.0. The number of ether oxygens (including phenoxy) is 1. The Morgan fingerprint density at radius 1 is 0.892 bits per heavy atom. The summed E-state index contributed by atoms with van der Waals surface area (Å²) in [5, 5.41) is 11.8. The van der Waals surface area contributed by atoms with Gasteiger partial charge in [-0.15, -0.1) is 0 Å². The van der Waals surface area contributed by atoms with Crippen molar-refractivity contribution < 1.29 is 14.6 Å². The van der Waals surface area contributed by atoms with E-state index in [-0.39, 0.29) is 24.1 Å². The summed E-state index contributed by atoms with van der Waals surface area (Å²) in [5.41, 5.74) is 6.31. The number of benzene rings is 3. The molecule has 6 heteroatoms. The fourth-order valence-electron chi connectivity index (χ4n) is 6.88. The Bertz CT molecular complexity index is 1440. The van der Waals surface area contributed by atoms with Crippen molar-refractivity contribution in [1.29, 1.82) is 0 Å². The molecule has 186 valence electrons. The normalized spacial score (nSPS) is 24.5. The Labute approximate surface area is 215 Å². The average Bonchev–Trinajstić information content (AvgIpc) is 3.24. The minimum atomic E-state index is -0.998. The van der Waals surface area contributed by atoms with E-state index in [1.807, 2.05) is 35.2 Å². The number of piperidine rings is 2. The van der Waals surface area contributed by atoms with Gasteiger partial charge in [-0.25, -0.2) is 4.79 Å². The third kappa shape index (κ3) is 3.70. The van der Waals surface area contributed by atoms with Crippen LogP contribution in [0, 0.1) is 0 Å². The molecule has 1 N–H and O–H groups in total. The average molecular weight is 492 g/mol. The summed E-state index contributed by atoms with van der Waals surface area (Å²) in [6.07, 6.45) is 6.88. The summed E-state index contributed by atoms with van der Waals surface area (Å²) in [5.74, 6) is 0.0385. The number of nitrogens with zero attached hydrogens (tertiary/aromatic N) is 3. The van der Waals surface area contributed by atoms with E-state index >= 15 is 0 Å². The number of aliphatic hydroxyl groups is 1. The van der Waals surface area contributed by atoms with E-state index in [1.54, 1.807) is 12.4 Å². The van der Waals surface area contributed by atoms with E-state index in [2.05, 4.69) is 46.4 Å². The van der Waals surface area contributed by atoms with Gasteiger partial charge < -0.3 is 14.7 Å². The number of carbonyl (C=O) groups excluding carboxylic acids is 1. The Hall–Kier alpha value is -3.77. The second-order valence-corrected chi connectivity index (χ2v) is 10.6. The van der Waals surface area contributed by atoms with Gasteiger partial charge in [0, 0.05) is 43.2 Å². The largest absolute Gasteiger partial charge is 0.448 e. The monoisotopic (exact) mass is 491 g/mol. The number of rotatable bonds is 3. The number of amides is 1. The van der Waals surface area contributed by atoms with Crippen LogP contribution in [0.25, 0.3) is 22.2 Å². The molecule has 0 radical (unpaired) electrons. The number of aromatic nitrogens is 2. The molecule has 1 amide bonds. The van der Waals surface area contributed by atoms with Crippen LogP contribution in [0.2, 0.25) is 0 Å². The first-order valence-electron chi connectivity index (χ1n) is 13.2. The maximum atomic E-state index is 13.5. The van der Waals surface area contributed by atoms with Gasteiger partial charge in [0.25, 0.3) is 0 Å². The SMILES string of the molecule is O=C(OCC1c2ccccc2-c2ccccc21)N1C2CCCC1CC(O)(c1ccc3nccnc3c1)C2. The fraction of sp³-hybridized carbons (Fsp3) is 0.323. The third-order valence-electron chi connectivity index (χ3n) is 8.56. The van der Waals surface area contributed by atoms with Crippen LogP contribution in [0.3, 0.4) is 0 Å². The molecule has 2 aliphatic heterocycles. The highest BCUT2D eigenvalue weighted by Crippen LogP contribution is 2.46. The van der Waals surface area contributed by atoms with Crippen molar-refractivity contribution in [1.82, 2.24) is 14.9 Å². The molecule has 37 heavy (non-hydrogen) atoms. The minimum Gasteiger partial charge on any atom is -0.448 e. The lowest BCUT2D eigenvalue weighted by atomic mass is 9.72. The van der Waals surface area contributed by atoms with Gasteiger partial charge in [-0.3, -0.25) is 9.97 Å². The highest BCUT2D eigenvalue weighted by atomic mass is 16.6. The molecule has 2 atom stereocenters. The highest BCUT2D eigenvalue weighted by Gasteiger charge is 2.49. The van der Waals surface area contributed by atoms with Gasteiger partial charge in [0.1, 0.15) is 6.61 Å². The molecule has 2 fully saturated rings. The van der Waals surface area contributed by atoms with Crippen LogP contribution in [-0.2, 0) is 10.3 Å². The van der Waals surface area contributed by atoms with Crippen LogP contribution >= 0.6 is 0 Å². The zero-order valence-corrected chi connectivity index (χ0v) is 20.6. The van der Waals surface area contributed by atoms with E-state index in [0.717, 1.165) is 35.9 Å². The Morgan fingerprint density at radius 3 is 2.19 bits per heavy atom. The van der Waals surface area contributed by atoms with Gasteiger partial charge in [0.05, 0.1) is 16.6 Å². The molecule has 2 saturated heterocycles. The predicted octanol–water partition coefficient (Wildman–Crippen LogP) is 5.78. The van der Waals surface area contributed by atoms with Gasteiger partial charge in [0.15, 0.2) is 0 Å². The molecular weight excluding hydrogens is 462 g/mol. The van der Waals surface area contributed by atoms with Gasteiger partial charge in [-0.1, -0.05) is 54.6 Å². The topological polar surface area (TPSA) is 75.5 Å². The van der Waals surface area contributed by atoms with Gasteiger partial charge in [0.2, 0.25) is 0 Å². The van der Waals surface area contributed by atoms with Crippen LogP contribution in [-0.4, -0.2) is 44.8 Å². The lowest BCUT2D eigenvalue weighted by molar-refractivity contribution is -0.0890. The summed E-state index contributed by atoms with van der Waals surface area (Å²) in [7, 11) is 0. The van der Waals surface area contributed by atoms with Crippen LogP contribution < -0.4 is 0 Å². The van der Waals surface area contributed by atoms with Crippen molar-refractivity contribution in [3.05, 3.63) is 95.8 Å². The Kier molecular flexibility index (Phi) is 5.25. The molecule has 1 aromatic heterocycles. The first kappa shape index (κ1) is 22.4.